The molecular formula is C18H17ClN6O2. The van der Waals surface area contributed by atoms with Crippen LogP contribution in [0.15, 0.2) is 47.1 Å². The molecule has 1 amide bonds. The van der Waals surface area contributed by atoms with E-state index in [4.69, 9.17) is 16.1 Å². The summed E-state index contributed by atoms with van der Waals surface area (Å²) in [4.78, 5) is 23.2. The first kappa shape index (κ1) is 17.3. The highest BCUT2D eigenvalue weighted by Crippen LogP contribution is 2.22. The fourth-order valence-corrected chi connectivity index (χ4v) is 3.05. The third-order valence-electron chi connectivity index (χ3n) is 4.25. The number of nitrogens with one attached hydrogen (secondary N) is 2. The molecule has 0 atom stereocenters. The molecule has 27 heavy (non-hydrogen) atoms. The number of benzene rings is 1. The molecule has 1 fully saturated rings. The second-order valence-electron chi connectivity index (χ2n) is 6.08. The topological polar surface area (TPSA) is 96.2 Å². The zero-order chi connectivity index (χ0) is 18.6. The summed E-state index contributed by atoms with van der Waals surface area (Å²) in [5, 5.41) is 4.51. The Morgan fingerprint density at radius 3 is 2.70 bits per heavy atom. The Labute approximate surface area is 160 Å². The van der Waals surface area contributed by atoms with Crippen molar-refractivity contribution >= 4 is 29.3 Å². The van der Waals surface area contributed by atoms with Crippen LogP contribution in [0.2, 0.25) is 5.02 Å². The Kier molecular flexibility index (Phi) is 4.88. The number of pyridine rings is 1. The average Bonchev–Trinajstić information content (AvgIpc) is 3.39. The Bertz CT molecular complexity index is 937. The molecule has 0 bridgehead atoms. The van der Waals surface area contributed by atoms with Gasteiger partial charge in [0, 0.05) is 29.9 Å². The average molecular weight is 385 g/mol. The maximum absolute atomic E-state index is 12.6. The van der Waals surface area contributed by atoms with Gasteiger partial charge in [-0.05, 0) is 49.2 Å². The highest BCUT2D eigenvalue weighted by atomic mass is 35.5. The summed E-state index contributed by atoms with van der Waals surface area (Å²) in [6.45, 7) is 1.80. The minimum atomic E-state index is -0.323. The van der Waals surface area contributed by atoms with Gasteiger partial charge < -0.3 is 9.42 Å². The van der Waals surface area contributed by atoms with Gasteiger partial charge in [0.05, 0.1) is 5.56 Å². The van der Waals surface area contributed by atoms with Crippen LogP contribution in [0.5, 0.6) is 0 Å². The Balaban J connectivity index is 1.44. The second-order valence-corrected chi connectivity index (χ2v) is 6.51. The number of amides is 1. The third kappa shape index (κ3) is 3.85. The Morgan fingerprint density at radius 2 is 1.93 bits per heavy atom. The van der Waals surface area contributed by atoms with Crippen molar-refractivity contribution in [3.63, 3.8) is 0 Å². The van der Waals surface area contributed by atoms with Crippen molar-refractivity contribution in [1.82, 2.24) is 20.6 Å². The van der Waals surface area contributed by atoms with Gasteiger partial charge in [0.15, 0.2) is 0 Å². The van der Waals surface area contributed by atoms with Gasteiger partial charge in [-0.3, -0.25) is 10.2 Å². The van der Waals surface area contributed by atoms with Crippen LogP contribution in [0, 0.1) is 0 Å². The summed E-state index contributed by atoms with van der Waals surface area (Å²) in [6, 6.07) is 10.6. The molecule has 138 valence electrons. The monoisotopic (exact) mass is 384 g/mol. The third-order valence-corrected chi connectivity index (χ3v) is 4.50. The molecule has 1 aliphatic rings. The van der Waals surface area contributed by atoms with Gasteiger partial charge in [-0.1, -0.05) is 16.8 Å². The number of carbonyl (C=O) groups is 1. The number of carbonyl (C=O) groups excluding carboxylic acids is 1. The van der Waals surface area contributed by atoms with Crippen LogP contribution in [0.1, 0.15) is 23.2 Å². The van der Waals surface area contributed by atoms with E-state index in [9.17, 15) is 4.79 Å². The van der Waals surface area contributed by atoms with Gasteiger partial charge in [-0.25, -0.2) is 10.4 Å². The lowest BCUT2D eigenvalue weighted by molar-refractivity contribution is 0.0961. The number of nitrogens with zero attached hydrogens (tertiary/aromatic N) is 4. The smallest absolute Gasteiger partial charge is 0.340 e. The van der Waals surface area contributed by atoms with Gasteiger partial charge in [0.2, 0.25) is 5.82 Å². The SMILES string of the molecule is O=C(NNc1nc(-c2ccc(Cl)cc2)no1)c1cccnc1N1CCCC1. The minimum Gasteiger partial charge on any atom is -0.356 e. The predicted octanol–water partition coefficient (Wildman–Crippen LogP) is 3.14. The zero-order valence-electron chi connectivity index (χ0n) is 14.4. The normalized spacial score (nSPS) is 13.6. The van der Waals surface area contributed by atoms with Crippen LogP contribution in [-0.2, 0) is 0 Å². The zero-order valence-corrected chi connectivity index (χ0v) is 15.1. The van der Waals surface area contributed by atoms with E-state index in [1.807, 2.05) is 0 Å². The molecule has 1 saturated heterocycles. The van der Waals surface area contributed by atoms with Crippen LogP contribution < -0.4 is 15.8 Å². The van der Waals surface area contributed by atoms with E-state index in [2.05, 4.69) is 30.9 Å². The largest absolute Gasteiger partial charge is 0.356 e. The Hall–Kier alpha value is -3.13. The minimum absolute atomic E-state index is 0.0833. The summed E-state index contributed by atoms with van der Waals surface area (Å²) in [6.07, 6.45) is 3.89. The molecule has 0 unspecified atom stereocenters. The lowest BCUT2D eigenvalue weighted by Crippen LogP contribution is -2.32. The molecular weight excluding hydrogens is 368 g/mol. The van der Waals surface area contributed by atoms with E-state index >= 15 is 0 Å². The fourth-order valence-electron chi connectivity index (χ4n) is 2.92. The van der Waals surface area contributed by atoms with Gasteiger partial charge >= 0.3 is 6.01 Å². The Morgan fingerprint density at radius 1 is 1.15 bits per heavy atom. The number of hydrogen-bond acceptors (Lipinski definition) is 7. The van der Waals surface area contributed by atoms with Crippen LogP contribution in [0.4, 0.5) is 11.8 Å². The maximum Gasteiger partial charge on any atom is 0.340 e. The van der Waals surface area contributed by atoms with Crippen molar-refractivity contribution in [1.29, 1.82) is 0 Å². The number of anilines is 2. The summed E-state index contributed by atoms with van der Waals surface area (Å²) in [5.74, 6) is 0.750. The van der Waals surface area contributed by atoms with Crippen molar-refractivity contribution < 1.29 is 9.32 Å². The predicted molar refractivity (Wildman–Crippen MR) is 102 cm³/mol. The molecule has 8 nitrogen and oxygen atoms in total. The number of rotatable bonds is 5. The van der Waals surface area contributed by atoms with E-state index < -0.39 is 0 Å². The van der Waals surface area contributed by atoms with E-state index in [0.29, 0.717) is 22.2 Å². The lowest BCUT2D eigenvalue weighted by Gasteiger charge is -2.19. The van der Waals surface area contributed by atoms with Crippen LogP contribution in [-0.4, -0.2) is 34.1 Å². The quantitative estimate of drug-likeness (QED) is 0.652. The van der Waals surface area contributed by atoms with Gasteiger partial charge in [0.1, 0.15) is 5.82 Å². The summed E-state index contributed by atoms with van der Waals surface area (Å²) in [7, 11) is 0. The number of halogens is 1. The van der Waals surface area contributed by atoms with Crippen LogP contribution in [0.3, 0.4) is 0 Å². The molecule has 0 aliphatic carbocycles. The molecule has 3 heterocycles. The van der Waals surface area contributed by atoms with Gasteiger partial charge in [0.25, 0.3) is 5.91 Å². The van der Waals surface area contributed by atoms with Crippen molar-refractivity contribution in [2.75, 3.05) is 23.4 Å². The van der Waals surface area contributed by atoms with E-state index in [1.54, 1.807) is 42.6 Å². The summed E-state index contributed by atoms with van der Waals surface area (Å²) >= 11 is 5.87. The molecule has 0 spiro atoms. The lowest BCUT2D eigenvalue weighted by atomic mass is 10.2. The number of aromatic nitrogens is 3. The molecule has 0 radical (unpaired) electrons. The number of hydrazine groups is 1. The molecule has 3 aromatic rings. The summed E-state index contributed by atoms with van der Waals surface area (Å²) in [5.41, 5.74) is 6.48. The first-order chi connectivity index (χ1) is 13.2. The van der Waals surface area contributed by atoms with Crippen molar-refractivity contribution in [3.8, 4) is 11.4 Å². The standard InChI is InChI=1S/C18H17ClN6O2/c19-13-7-5-12(6-8-13)15-21-18(27-24-15)23-22-17(26)14-4-3-9-20-16(14)25-10-1-2-11-25/h3-9H,1-2,10-11H2,(H,22,26)(H,21,23,24). The highest BCUT2D eigenvalue weighted by molar-refractivity contribution is 6.30. The molecule has 2 N–H and O–H groups in total. The first-order valence-corrected chi connectivity index (χ1v) is 8.94. The van der Waals surface area contributed by atoms with E-state index in [1.165, 1.54) is 0 Å². The van der Waals surface area contributed by atoms with Gasteiger partial charge in [-0.2, -0.15) is 4.98 Å². The molecule has 9 heteroatoms. The van der Waals surface area contributed by atoms with E-state index in [-0.39, 0.29) is 11.9 Å². The molecule has 2 aromatic heterocycles. The molecule has 0 saturated carbocycles. The van der Waals surface area contributed by atoms with Crippen molar-refractivity contribution in [3.05, 3.63) is 53.2 Å². The molecule has 4 rings (SSSR count). The molecule has 1 aromatic carbocycles. The maximum atomic E-state index is 12.6. The highest BCUT2D eigenvalue weighted by Gasteiger charge is 2.20. The molecule has 1 aliphatic heterocycles. The summed E-state index contributed by atoms with van der Waals surface area (Å²) < 4.78 is 5.12. The van der Waals surface area contributed by atoms with Gasteiger partial charge in [-0.15, -0.1) is 0 Å². The van der Waals surface area contributed by atoms with Crippen LogP contribution in [0.25, 0.3) is 11.4 Å². The fraction of sp³-hybridized carbons (Fsp3) is 0.222. The first-order valence-electron chi connectivity index (χ1n) is 8.57. The van der Waals surface area contributed by atoms with Crippen molar-refractivity contribution in [2.45, 2.75) is 12.8 Å². The second kappa shape index (κ2) is 7.63. The van der Waals surface area contributed by atoms with Crippen molar-refractivity contribution in [2.24, 2.45) is 0 Å². The van der Waals surface area contributed by atoms with E-state index in [0.717, 1.165) is 31.5 Å². The number of hydrogen-bond donors (Lipinski definition) is 2. The van der Waals surface area contributed by atoms with Crippen LogP contribution >= 0.6 is 11.6 Å².